The van der Waals surface area contributed by atoms with Crippen molar-refractivity contribution in [2.24, 2.45) is 0 Å². The fraction of sp³-hybridized carbons (Fsp3) is 0.348. The molecule has 0 radical (unpaired) electrons. The highest BCUT2D eigenvalue weighted by Gasteiger charge is 2.23. The van der Waals surface area contributed by atoms with Crippen LogP contribution in [0, 0.1) is 13.8 Å². The lowest BCUT2D eigenvalue weighted by atomic mass is 9.98. The number of aromatic nitrogens is 2. The van der Waals surface area contributed by atoms with Gasteiger partial charge in [-0.1, -0.05) is 18.2 Å². The van der Waals surface area contributed by atoms with E-state index < -0.39 is 0 Å². The van der Waals surface area contributed by atoms with Crippen molar-refractivity contribution >= 4 is 5.95 Å². The van der Waals surface area contributed by atoms with Gasteiger partial charge < -0.3 is 19.4 Å². The highest BCUT2D eigenvalue weighted by atomic mass is 16.5. The van der Waals surface area contributed by atoms with Crippen molar-refractivity contribution < 1.29 is 9.47 Å². The van der Waals surface area contributed by atoms with E-state index in [4.69, 9.17) is 9.47 Å². The molecule has 1 aromatic heterocycles. The second kappa shape index (κ2) is 7.23. The Bertz CT molecular complexity index is 1020. The molecule has 2 aromatic carbocycles. The zero-order valence-electron chi connectivity index (χ0n) is 17.2. The number of nitrogens with one attached hydrogen (secondary N) is 1. The summed E-state index contributed by atoms with van der Waals surface area (Å²) in [6.07, 6.45) is 2.88. The Balaban J connectivity index is 1.65. The van der Waals surface area contributed by atoms with Crippen LogP contribution in [0.5, 0.6) is 11.5 Å². The molecule has 1 atom stereocenters. The molecule has 0 saturated carbocycles. The van der Waals surface area contributed by atoms with Crippen molar-refractivity contribution in [2.45, 2.75) is 39.8 Å². The topological polar surface area (TPSA) is 48.3 Å². The molecule has 2 heterocycles. The van der Waals surface area contributed by atoms with Gasteiger partial charge in [-0.05, 0) is 61.6 Å². The fourth-order valence-electron chi connectivity index (χ4n) is 3.84. The Morgan fingerprint density at radius 3 is 2.50 bits per heavy atom. The van der Waals surface area contributed by atoms with E-state index in [2.05, 4.69) is 66.0 Å². The van der Waals surface area contributed by atoms with E-state index in [9.17, 15) is 0 Å². The number of methoxy groups -OCH3 is 2. The summed E-state index contributed by atoms with van der Waals surface area (Å²) < 4.78 is 13.2. The molecule has 0 saturated heterocycles. The molecule has 5 heteroatoms. The van der Waals surface area contributed by atoms with Gasteiger partial charge in [-0.15, -0.1) is 0 Å². The van der Waals surface area contributed by atoms with Crippen LogP contribution in [-0.2, 0) is 13.0 Å². The maximum absolute atomic E-state index is 5.50. The quantitative estimate of drug-likeness (QED) is 0.686. The van der Waals surface area contributed by atoms with Gasteiger partial charge in [0.1, 0.15) is 0 Å². The first kappa shape index (κ1) is 18.4. The van der Waals surface area contributed by atoms with Crippen molar-refractivity contribution in [2.75, 3.05) is 19.5 Å². The number of nitrogens with zero attached hydrogens (tertiary/aromatic N) is 2. The van der Waals surface area contributed by atoms with Gasteiger partial charge in [0.25, 0.3) is 0 Å². The van der Waals surface area contributed by atoms with Gasteiger partial charge in [-0.2, -0.15) is 0 Å². The van der Waals surface area contributed by atoms with Crippen molar-refractivity contribution in [1.29, 1.82) is 0 Å². The molecule has 1 unspecified atom stereocenters. The number of imidazole rings is 1. The molecule has 4 rings (SSSR count). The third kappa shape index (κ3) is 3.11. The highest BCUT2D eigenvalue weighted by Crippen LogP contribution is 2.39. The Morgan fingerprint density at radius 2 is 1.79 bits per heavy atom. The molecule has 1 aliphatic heterocycles. The molecular weight excluding hydrogens is 350 g/mol. The lowest BCUT2D eigenvalue weighted by Gasteiger charge is -2.23. The molecular formula is C23H27N3O2. The van der Waals surface area contributed by atoms with E-state index in [1.165, 1.54) is 22.3 Å². The summed E-state index contributed by atoms with van der Waals surface area (Å²) in [5.41, 5.74) is 7.42. The molecule has 3 aromatic rings. The lowest BCUT2D eigenvalue weighted by Crippen LogP contribution is -2.16. The van der Waals surface area contributed by atoms with Gasteiger partial charge in [0.2, 0.25) is 5.95 Å². The van der Waals surface area contributed by atoms with Crippen LogP contribution in [0.3, 0.4) is 0 Å². The molecule has 0 fully saturated rings. The maximum atomic E-state index is 5.50. The summed E-state index contributed by atoms with van der Waals surface area (Å²) in [7, 11) is 3.34. The van der Waals surface area contributed by atoms with Crippen LogP contribution in [-0.4, -0.2) is 23.8 Å². The van der Waals surface area contributed by atoms with Crippen LogP contribution in [0.2, 0.25) is 0 Å². The number of hydrogen-bond acceptors (Lipinski definition) is 4. The van der Waals surface area contributed by atoms with Crippen molar-refractivity contribution in [3.63, 3.8) is 0 Å². The number of benzene rings is 2. The number of rotatable bonds is 5. The van der Waals surface area contributed by atoms with Crippen LogP contribution in [0.15, 0.2) is 36.5 Å². The number of hydrogen-bond donors (Lipinski definition) is 1. The zero-order valence-corrected chi connectivity index (χ0v) is 17.2. The summed E-state index contributed by atoms with van der Waals surface area (Å²) in [5, 5.41) is 3.59. The molecule has 0 amide bonds. The smallest absolute Gasteiger partial charge is 0.203 e. The largest absolute Gasteiger partial charge is 0.493 e. The minimum absolute atomic E-state index is 0.178. The van der Waals surface area contributed by atoms with Gasteiger partial charge in [0.05, 0.1) is 32.2 Å². The Hall–Kier alpha value is -2.95. The van der Waals surface area contributed by atoms with Crippen LogP contribution in [0.1, 0.15) is 35.2 Å². The predicted octanol–water partition coefficient (Wildman–Crippen LogP) is 4.91. The first-order valence-corrected chi connectivity index (χ1v) is 9.66. The third-order valence-corrected chi connectivity index (χ3v) is 5.72. The Morgan fingerprint density at radius 1 is 1.04 bits per heavy atom. The normalized spacial score (nSPS) is 13.5. The second-order valence-corrected chi connectivity index (χ2v) is 7.44. The van der Waals surface area contributed by atoms with E-state index in [1.54, 1.807) is 14.2 Å². The van der Waals surface area contributed by atoms with E-state index in [0.29, 0.717) is 0 Å². The van der Waals surface area contributed by atoms with Crippen LogP contribution < -0.4 is 14.8 Å². The second-order valence-electron chi connectivity index (χ2n) is 7.44. The third-order valence-electron chi connectivity index (χ3n) is 5.72. The fourth-order valence-corrected chi connectivity index (χ4v) is 3.84. The first-order chi connectivity index (χ1) is 13.5. The minimum Gasteiger partial charge on any atom is -0.493 e. The van der Waals surface area contributed by atoms with Gasteiger partial charge in [-0.25, -0.2) is 4.98 Å². The lowest BCUT2D eigenvalue weighted by molar-refractivity contribution is 0.354. The molecule has 28 heavy (non-hydrogen) atoms. The summed E-state index contributed by atoms with van der Waals surface area (Å²) >= 11 is 0. The molecule has 1 aliphatic rings. The Labute approximate surface area is 166 Å². The highest BCUT2D eigenvalue weighted by molar-refractivity contribution is 5.71. The number of anilines is 1. The maximum Gasteiger partial charge on any atom is 0.203 e. The molecule has 5 nitrogen and oxygen atoms in total. The average Bonchev–Trinajstić information content (AvgIpc) is 3.11. The monoisotopic (exact) mass is 377 g/mol. The number of ether oxygens (including phenoxy) is 2. The molecule has 146 valence electrons. The van der Waals surface area contributed by atoms with E-state index >= 15 is 0 Å². The van der Waals surface area contributed by atoms with Crippen molar-refractivity contribution in [3.8, 4) is 22.8 Å². The van der Waals surface area contributed by atoms with E-state index in [1.807, 2.05) is 6.20 Å². The zero-order chi connectivity index (χ0) is 19.8. The van der Waals surface area contributed by atoms with Crippen LogP contribution in [0.4, 0.5) is 5.95 Å². The molecule has 0 spiro atoms. The summed E-state index contributed by atoms with van der Waals surface area (Å²) in [6, 6.07) is 10.9. The van der Waals surface area contributed by atoms with Crippen LogP contribution >= 0.6 is 0 Å². The van der Waals surface area contributed by atoms with Gasteiger partial charge in [-0.3, -0.25) is 0 Å². The Kier molecular flexibility index (Phi) is 4.75. The average molecular weight is 377 g/mol. The van der Waals surface area contributed by atoms with Gasteiger partial charge >= 0.3 is 0 Å². The van der Waals surface area contributed by atoms with Gasteiger partial charge in [0.15, 0.2) is 11.5 Å². The number of fused-ring (bicyclic) bond motifs is 3. The van der Waals surface area contributed by atoms with Crippen molar-refractivity contribution in [1.82, 2.24) is 9.55 Å². The minimum atomic E-state index is 0.178. The summed E-state index contributed by atoms with van der Waals surface area (Å²) in [5.74, 6) is 2.42. The van der Waals surface area contributed by atoms with Crippen LogP contribution in [0.25, 0.3) is 11.3 Å². The summed E-state index contributed by atoms with van der Waals surface area (Å²) in [4.78, 5) is 4.68. The van der Waals surface area contributed by atoms with E-state index in [0.717, 1.165) is 41.7 Å². The molecule has 1 N–H and O–H groups in total. The SMILES string of the molecule is COc1cc2c(cc1OC)-c1cnc(NC(C)c3ccc(C)c(C)c3)n1CC2. The first-order valence-electron chi connectivity index (χ1n) is 9.66. The standard InChI is InChI=1S/C23H27N3O2/c1-14-6-7-17(10-15(14)2)16(3)25-23-24-13-20-19-12-22(28-5)21(27-4)11-18(19)8-9-26(20)23/h6-7,10-13,16H,8-9H2,1-5H3,(H,24,25). The van der Waals surface area contributed by atoms with Crippen molar-refractivity contribution in [3.05, 3.63) is 58.8 Å². The van der Waals surface area contributed by atoms with E-state index in [-0.39, 0.29) is 6.04 Å². The van der Waals surface area contributed by atoms with Gasteiger partial charge in [0, 0.05) is 12.1 Å². The molecule has 0 bridgehead atoms. The number of aryl methyl sites for hydroxylation is 3. The summed E-state index contributed by atoms with van der Waals surface area (Å²) in [6.45, 7) is 7.36. The predicted molar refractivity (Wildman–Crippen MR) is 112 cm³/mol. The molecule has 0 aliphatic carbocycles.